The molecule has 2 nitrogen and oxygen atoms in total. The van der Waals surface area contributed by atoms with Crippen LogP contribution in [0.3, 0.4) is 0 Å². The van der Waals surface area contributed by atoms with E-state index >= 15 is 0 Å². The number of benzene rings is 1. The van der Waals surface area contributed by atoms with Gasteiger partial charge in [0.25, 0.3) is 0 Å². The van der Waals surface area contributed by atoms with Gasteiger partial charge in [0, 0.05) is 11.1 Å². The third kappa shape index (κ3) is 7.15. The van der Waals surface area contributed by atoms with Gasteiger partial charge in [-0.05, 0) is 73.2 Å². The summed E-state index contributed by atoms with van der Waals surface area (Å²) in [5.41, 5.74) is 3.50. The van der Waals surface area contributed by atoms with Gasteiger partial charge in [-0.3, -0.25) is 4.90 Å². The number of phenols is 1. The van der Waals surface area contributed by atoms with Crippen LogP contribution < -0.4 is 0 Å². The van der Waals surface area contributed by atoms with E-state index in [1.807, 2.05) is 0 Å². The molecule has 0 bridgehead atoms. The summed E-state index contributed by atoms with van der Waals surface area (Å²) < 4.78 is 0. The van der Waals surface area contributed by atoms with Gasteiger partial charge in [-0.1, -0.05) is 81.4 Å². The smallest absolute Gasteiger partial charge is 0.123 e. The maximum absolute atomic E-state index is 11.6. The number of rotatable bonds is 7. The molecule has 1 atom stereocenters. The lowest BCUT2D eigenvalue weighted by atomic mass is 9.67. The first-order valence-electron chi connectivity index (χ1n) is 11.5. The van der Waals surface area contributed by atoms with E-state index in [-0.39, 0.29) is 27.7 Å². The molecule has 0 spiro atoms. The molecule has 0 aromatic heterocycles. The zero-order chi connectivity index (χ0) is 23.7. The second-order valence-electron chi connectivity index (χ2n) is 13.1. The van der Waals surface area contributed by atoms with Crippen LogP contribution in [0.1, 0.15) is 112 Å². The molecule has 172 valence electrons. The molecule has 1 aromatic carbocycles. The van der Waals surface area contributed by atoms with Gasteiger partial charge in [-0.2, -0.15) is 0 Å². The zero-order valence-electron chi connectivity index (χ0n) is 22.2. The van der Waals surface area contributed by atoms with E-state index in [1.165, 1.54) is 5.56 Å². The third-order valence-corrected chi connectivity index (χ3v) is 5.81. The molecule has 0 radical (unpaired) electrons. The van der Waals surface area contributed by atoms with Gasteiger partial charge in [0.05, 0.1) is 6.04 Å². The van der Waals surface area contributed by atoms with Gasteiger partial charge >= 0.3 is 0 Å². The van der Waals surface area contributed by atoms with Crippen molar-refractivity contribution in [3.63, 3.8) is 0 Å². The highest BCUT2D eigenvalue weighted by atomic mass is 16.3. The molecule has 30 heavy (non-hydrogen) atoms. The van der Waals surface area contributed by atoms with Gasteiger partial charge in [0.1, 0.15) is 5.75 Å². The van der Waals surface area contributed by atoms with E-state index in [1.54, 1.807) is 0 Å². The molecular weight excluding hydrogens is 366 g/mol. The summed E-state index contributed by atoms with van der Waals surface area (Å²) in [4.78, 5) is 2.24. The van der Waals surface area contributed by atoms with Crippen molar-refractivity contribution in [1.29, 1.82) is 0 Å². The minimum Gasteiger partial charge on any atom is -0.507 e. The summed E-state index contributed by atoms with van der Waals surface area (Å²) in [6.45, 7) is 24.9. The fraction of sp³-hybridized carbons (Fsp3) is 0.714. The highest BCUT2D eigenvalue weighted by molar-refractivity contribution is 5.51. The van der Waals surface area contributed by atoms with Crippen LogP contribution in [0.5, 0.6) is 5.75 Å². The number of aromatic hydroxyl groups is 1. The molecule has 1 unspecified atom stereocenters. The van der Waals surface area contributed by atoms with E-state index in [0.29, 0.717) is 5.75 Å². The van der Waals surface area contributed by atoms with Crippen LogP contribution in [-0.4, -0.2) is 24.1 Å². The van der Waals surface area contributed by atoms with Crippen LogP contribution in [0, 0.1) is 10.8 Å². The fourth-order valence-electron chi connectivity index (χ4n) is 5.47. The van der Waals surface area contributed by atoms with Crippen LogP contribution >= 0.6 is 0 Å². The van der Waals surface area contributed by atoms with Crippen LogP contribution in [0.25, 0.3) is 0 Å². The molecular formula is C28H49NO. The molecule has 0 amide bonds. The molecule has 0 aliphatic carbocycles. The van der Waals surface area contributed by atoms with Crippen LogP contribution in [0.15, 0.2) is 24.3 Å². The Morgan fingerprint density at radius 3 is 1.43 bits per heavy atom. The summed E-state index contributed by atoms with van der Waals surface area (Å²) in [6.07, 6.45) is 6.38. The Kier molecular flexibility index (Phi) is 8.09. The molecule has 0 heterocycles. The molecule has 1 aromatic rings. The lowest BCUT2D eigenvalue weighted by Crippen LogP contribution is -2.29. The van der Waals surface area contributed by atoms with E-state index in [0.717, 1.165) is 24.0 Å². The van der Waals surface area contributed by atoms with E-state index in [4.69, 9.17) is 0 Å². The van der Waals surface area contributed by atoms with Gasteiger partial charge in [0.15, 0.2) is 0 Å². The van der Waals surface area contributed by atoms with Gasteiger partial charge < -0.3 is 5.11 Å². The Labute approximate surface area is 187 Å². The molecule has 1 N–H and O–H groups in total. The van der Waals surface area contributed by atoms with Crippen molar-refractivity contribution in [3.05, 3.63) is 41.0 Å². The van der Waals surface area contributed by atoms with Crippen LogP contribution in [0.2, 0.25) is 0 Å². The third-order valence-electron chi connectivity index (χ3n) is 5.81. The SMILES string of the molecule is CC=CC(c1cc(C(C)(C)CC(C)(C)C)c(O)c(C(C)(C)CC(C)(C)C)c1)N(C)C. The Hall–Kier alpha value is -1.28. The van der Waals surface area contributed by atoms with E-state index < -0.39 is 0 Å². The lowest BCUT2D eigenvalue weighted by Gasteiger charge is -2.38. The zero-order valence-corrected chi connectivity index (χ0v) is 22.2. The van der Waals surface area contributed by atoms with E-state index in [2.05, 4.69) is 119 Å². The number of nitrogens with zero attached hydrogens (tertiary/aromatic N) is 1. The lowest BCUT2D eigenvalue weighted by molar-refractivity contribution is 0.266. The van der Waals surface area contributed by atoms with Crippen LogP contribution in [0.4, 0.5) is 0 Å². The Balaban J connectivity index is 3.83. The first kappa shape index (κ1) is 26.8. The maximum atomic E-state index is 11.6. The highest BCUT2D eigenvalue weighted by Crippen LogP contribution is 2.47. The Bertz CT molecular complexity index is 690. The highest BCUT2D eigenvalue weighted by Gasteiger charge is 2.36. The first-order chi connectivity index (χ1) is 13.3. The minimum atomic E-state index is -0.127. The normalized spacial score (nSPS) is 15.3. The number of likely N-dealkylation sites (N-methyl/N-ethyl adjacent to an activating group) is 1. The van der Waals surface area contributed by atoms with Crippen molar-refractivity contribution in [2.75, 3.05) is 14.1 Å². The minimum absolute atomic E-state index is 0.127. The topological polar surface area (TPSA) is 23.5 Å². The summed E-state index contributed by atoms with van der Waals surface area (Å²) in [5, 5.41) is 11.6. The molecule has 0 aliphatic rings. The predicted molar refractivity (Wildman–Crippen MR) is 134 cm³/mol. The van der Waals surface area contributed by atoms with Crippen molar-refractivity contribution in [2.24, 2.45) is 10.8 Å². The summed E-state index contributed by atoms with van der Waals surface area (Å²) in [6, 6.07) is 4.69. The van der Waals surface area contributed by atoms with Crippen molar-refractivity contribution < 1.29 is 5.11 Å². The first-order valence-corrected chi connectivity index (χ1v) is 11.5. The second-order valence-corrected chi connectivity index (χ2v) is 13.1. The largest absolute Gasteiger partial charge is 0.507 e. The summed E-state index contributed by atoms with van der Waals surface area (Å²) >= 11 is 0. The average Bonchev–Trinajstić information content (AvgIpc) is 2.47. The number of hydrogen-bond acceptors (Lipinski definition) is 2. The molecule has 0 fully saturated rings. The summed E-state index contributed by atoms with van der Waals surface area (Å²) in [7, 11) is 4.24. The van der Waals surface area contributed by atoms with E-state index in [9.17, 15) is 5.11 Å². The Morgan fingerprint density at radius 2 is 1.17 bits per heavy atom. The summed E-state index contributed by atoms with van der Waals surface area (Å²) in [5.74, 6) is 0.486. The number of hydrogen-bond donors (Lipinski definition) is 1. The number of allylic oxidation sites excluding steroid dienone is 1. The standard InChI is InChI=1S/C28H49NO/c1-14-15-23(29(12)13)20-16-21(27(8,9)18-25(2,3)4)24(30)22(17-20)28(10,11)19-26(5,6)7/h14-17,23,30H,18-19H2,1-13H3. The molecule has 0 saturated heterocycles. The van der Waals surface area contributed by atoms with Gasteiger partial charge in [-0.25, -0.2) is 0 Å². The molecule has 0 aliphatic heterocycles. The van der Waals surface area contributed by atoms with Crippen LogP contribution in [-0.2, 0) is 10.8 Å². The van der Waals surface area contributed by atoms with Gasteiger partial charge in [0.2, 0.25) is 0 Å². The van der Waals surface area contributed by atoms with Gasteiger partial charge in [-0.15, -0.1) is 0 Å². The Morgan fingerprint density at radius 1 is 0.800 bits per heavy atom. The van der Waals surface area contributed by atoms with Crippen molar-refractivity contribution in [2.45, 2.75) is 106 Å². The fourth-order valence-corrected chi connectivity index (χ4v) is 5.47. The second kappa shape index (κ2) is 9.07. The molecule has 0 saturated carbocycles. The monoisotopic (exact) mass is 415 g/mol. The number of phenolic OH excluding ortho intramolecular Hbond substituents is 1. The predicted octanol–water partition coefficient (Wildman–Crippen LogP) is 8.00. The van der Waals surface area contributed by atoms with Crippen molar-refractivity contribution in [1.82, 2.24) is 4.90 Å². The average molecular weight is 416 g/mol. The maximum Gasteiger partial charge on any atom is 0.123 e. The molecule has 1 rings (SSSR count). The quantitative estimate of drug-likeness (QED) is 0.456. The molecule has 2 heteroatoms. The van der Waals surface area contributed by atoms with Crippen molar-refractivity contribution in [3.8, 4) is 5.75 Å². The van der Waals surface area contributed by atoms with Crippen molar-refractivity contribution >= 4 is 0 Å².